The fraction of sp³-hybridized carbons (Fsp3) is 0.591. The summed E-state index contributed by atoms with van der Waals surface area (Å²) in [6.45, 7) is 4.78. The molecule has 1 amide bonds. The summed E-state index contributed by atoms with van der Waals surface area (Å²) in [5.41, 5.74) is 4.06. The minimum absolute atomic E-state index is 0.169. The average Bonchev–Trinajstić information content (AvgIpc) is 3.47. The van der Waals surface area contributed by atoms with E-state index in [0.29, 0.717) is 11.8 Å². The van der Waals surface area contributed by atoms with Crippen molar-refractivity contribution in [1.82, 2.24) is 19.7 Å². The highest BCUT2D eigenvalue weighted by Gasteiger charge is 2.30. The quantitative estimate of drug-likeness (QED) is 0.821. The molecule has 0 radical (unpaired) electrons. The van der Waals surface area contributed by atoms with Crippen LogP contribution < -0.4 is 0 Å². The number of carbonyl (C=O) groups excluding carboxylic acids is 1. The van der Waals surface area contributed by atoms with E-state index in [1.54, 1.807) is 6.92 Å². The molecule has 5 rings (SSSR count). The van der Waals surface area contributed by atoms with Crippen molar-refractivity contribution in [2.75, 3.05) is 26.3 Å². The van der Waals surface area contributed by atoms with Crippen LogP contribution in [0.5, 0.6) is 0 Å². The third-order valence-corrected chi connectivity index (χ3v) is 6.58. The van der Waals surface area contributed by atoms with E-state index in [9.17, 15) is 4.79 Å². The van der Waals surface area contributed by atoms with Gasteiger partial charge in [-0.15, -0.1) is 0 Å². The molecule has 2 fully saturated rings. The van der Waals surface area contributed by atoms with Gasteiger partial charge in [0.1, 0.15) is 5.82 Å². The molecule has 1 aliphatic carbocycles. The van der Waals surface area contributed by atoms with Gasteiger partial charge in [-0.1, -0.05) is 6.07 Å². The Labute approximate surface area is 165 Å². The van der Waals surface area contributed by atoms with Crippen molar-refractivity contribution >= 4 is 5.91 Å². The molecular formula is C22H28N4O2. The van der Waals surface area contributed by atoms with E-state index in [2.05, 4.69) is 22.9 Å². The Morgan fingerprint density at radius 2 is 1.93 bits per heavy atom. The van der Waals surface area contributed by atoms with Gasteiger partial charge in [0.2, 0.25) is 5.91 Å². The van der Waals surface area contributed by atoms with Crippen LogP contribution >= 0.6 is 0 Å². The van der Waals surface area contributed by atoms with Crippen LogP contribution in [0.3, 0.4) is 0 Å². The number of aryl methyl sites for hydroxylation is 2. The molecule has 3 heterocycles. The van der Waals surface area contributed by atoms with Crippen LogP contribution in [0.4, 0.5) is 0 Å². The molecule has 0 spiro atoms. The van der Waals surface area contributed by atoms with E-state index in [1.165, 1.54) is 24.0 Å². The number of rotatable bonds is 3. The molecule has 2 saturated heterocycles. The summed E-state index contributed by atoms with van der Waals surface area (Å²) in [5, 5.41) is 4.96. The van der Waals surface area contributed by atoms with E-state index in [0.717, 1.165) is 69.3 Å². The zero-order chi connectivity index (χ0) is 19.1. The zero-order valence-electron chi connectivity index (χ0n) is 16.6. The molecule has 1 aromatic carbocycles. The summed E-state index contributed by atoms with van der Waals surface area (Å²) in [7, 11) is 0. The molecule has 148 valence electrons. The lowest BCUT2D eigenvalue weighted by Crippen LogP contribution is -2.36. The van der Waals surface area contributed by atoms with Gasteiger partial charge in [-0.3, -0.25) is 4.79 Å². The maximum Gasteiger partial charge on any atom is 0.219 e. The maximum atomic E-state index is 11.7. The van der Waals surface area contributed by atoms with Crippen molar-refractivity contribution in [3.05, 3.63) is 41.0 Å². The normalized spacial score (nSPS) is 22.6. The van der Waals surface area contributed by atoms with Gasteiger partial charge in [-0.05, 0) is 61.8 Å². The molecule has 3 aliphatic rings. The summed E-state index contributed by atoms with van der Waals surface area (Å²) in [6, 6.07) is 6.77. The molecule has 28 heavy (non-hydrogen) atoms. The monoisotopic (exact) mass is 380 g/mol. The number of aromatic nitrogens is 3. The van der Waals surface area contributed by atoms with Crippen LogP contribution in [-0.2, 0) is 22.4 Å². The fourth-order valence-electron chi connectivity index (χ4n) is 4.85. The largest absolute Gasteiger partial charge is 0.381 e. The second kappa shape index (κ2) is 7.32. The molecule has 0 saturated carbocycles. The molecule has 2 aliphatic heterocycles. The predicted octanol–water partition coefficient (Wildman–Crippen LogP) is 2.99. The minimum Gasteiger partial charge on any atom is -0.381 e. The molecule has 1 unspecified atom stereocenters. The van der Waals surface area contributed by atoms with Gasteiger partial charge in [-0.2, -0.15) is 5.10 Å². The first-order chi connectivity index (χ1) is 13.7. The summed E-state index contributed by atoms with van der Waals surface area (Å²) in [4.78, 5) is 18.7. The van der Waals surface area contributed by atoms with Gasteiger partial charge in [-0.25, -0.2) is 9.67 Å². The number of ether oxygens (including phenoxy) is 1. The van der Waals surface area contributed by atoms with Crippen molar-refractivity contribution in [1.29, 1.82) is 0 Å². The number of hydrogen-bond acceptors (Lipinski definition) is 4. The van der Waals surface area contributed by atoms with Crippen molar-refractivity contribution in [2.45, 2.75) is 57.3 Å². The third-order valence-electron chi connectivity index (χ3n) is 6.58. The fourth-order valence-corrected chi connectivity index (χ4v) is 4.85. The maximum absolute atomic E-state index is 11.7. The molecule has 1 aromatic heterocycles. The van der Waals surface area contributed by atoms with Gasteiger partial charge < -0.3 is 9.64 Å². The molecule has 0 bridgehead atoms. The Kier molecular flexibility index (Phi) is 4.67. The number of piperidine rings is 1. The average molecular weight is 380 g/mol. The van der Waals surface area contributed by atoms with Crippen molar-refractivity contribution in [3.63, 3.8) is 0 Å². The standard InChI is InChI=1S/C22H28N4O2/c1-15(27)25-10-7-17(8-11-25)22-23-21(19-9-12-28-14-19)24-26(22)20-6-5-16-3-2-4-18(16)13-20/h5-6,13,17,19H,2-4,7-12,14H2,1H3. The smallest absolute Gasteiger partial charge is 0.219 e. The summed E-state index contributed by atoms with van der Waals surface area (Å²) < 4.78 is 7.66. The Morgan fingerprint density at radius 1 is 1.11 bits per heavy atom. The highest BCUT2D eigenvalue weighted by Crippen LogP contribution is 2.32. The lowest BCUT2D eigenvalue weighted by molar-refractivity contribution is -0.129. The highest BCUT2D eigenvalue weighted by molar-refractivity contribution is 5.73. The van der Waals surface area contributed by atoms with E-state index in [4.69, 9.17) is 14.8 Å². The number of carbonyl (C=O) groups is 1. The van der Waals surface area contributed by atoms with Crippen LogP contribution in [0.15, 0.2) is 18.2 Å². The van der Waals surface area contributed by atoms with Crippen LogP contribution in [-0.4, -0.2) is 51.9 Å². The molecule has 6 heteroatoms. The molecular weight excluding hydrogens is 352 g/mol. The Bertz CT molecular complexity index is 877. The van der Waals surface area contributed by atoms with Crippen LogP contribution in [0.25, 0.3) is 5.69 Å². The number of hydrogen-bond donors (Lipinski definition) is 0. The van der Waals surface area contributed by atoms with Gasteiger partial charge >= 0.3 is 0 Å². The first kappa shape index (κ1) is 17.9. The van der Waals surface area contributed by atoms with Crippen LogP contribution in [0.2, 0.25) is 0 Å². The Balaban J connectivity index is 1.49. The van der Waals surface area contributed by atoms with Crippen molar-refractivity contribution in [2.24, 2.45) is 0 Å². The van der Waals surface area contributed by atoms with Crippen molar-refractivity contribution in [3.8, 4) is 5.69 Å². The third kappa shape index (κ3) is 3.24. The summed E-state index contributed by atoms with van der Waals surface area (Å²) in [6.07, 6.45) is 6.49. The highest BCUT2D eigenvalue weighted by atomic mass is 16.5. The lowest BCUT2D eigenvalue weighted by Gasteiger charge is -2.30. The van der Waals surface area contributed by atoms with Gasteiger partial charge in [0.05, 0.1) is 12.3 Å². The lowest BCUT2D eigenvalue weighted by atomic mass is 9.95. The number of benzene rings is 1. The number of amides is 1. The molecule has 0 N–H and O–H groups in total. The molecule has 2 aromatic rings. The second-order valence-corrected chi connectivity index (χ2v) is 8.39. The SMILES string of the molecule is CC(=O)N1CCC(c2nc(C3CCOC3)nn2-c2ccc3c(c2)CCC3)CC1. The molecule has 1 atom stereocenters. The minimum atomic E-state index is 0.169. The number of nitrogens with zero attached hydrogens (tertiary/aromatic N) is 4. The number of fused-ring (bicyclic) bond motifs is 1. The van der Waals surface area contributed by atoms with Crippen molar-refractivity contribution < 1.29 is 9.53 Å². The first-order valence-electron chi connectivity index (χ1n) is 10.6. The Morgan fingerprint density at radius 3 is 2.68 bits per heavy atom. The van der Waals surface area contributed by atoms with Gasteiger partial charge in [0.25, 0.3) is 0 Å². The molecule has 6 nitrogen and oxygen atoms in total. The van der Waals surface area contributed by atoms with Gasteiger partial charge in [0, 0.05) is 38.5 Å². The summed E-state index contributed by atoms with van der Waals surface area (Å²) in [5.74, 6) is 2.78. The van der Waals surface area contributed by atoms with E-state index in [1.807, 2.05) is 4.90 Å². The van der Waals surface area contributed by atoms with Crippen LogP contribution in [0.1, 0.15) is 67.2 Å². The Hall–Kier alpha value is -2.21. The predicted molar refractivity (Wildman–Crippen MR) is 106 cm³/mol. The number of likely N-dealkylation sites (tertiary alicyclic amines) is 1. The second-order valence-electron chi connectivity index (χ2n) is 8.39. The van der Waals surface area contributed by atoms with E-state index >= 15 is 0 Å². The summed E-state index contributed by atoms with van der Waals surface area (Å²) >= 11 is 0. The first-order valence-corrected chi connectivity index (χ1v) is 10.6. The van der Waals surface area contributed by atoms with E-state index < -0.39 is 0 Å². The van der Waals surface area contributed by atoms with Gasteiger partial charge in [0.15, 0.2) is 5.82 Å². The zero-order valence-corrected chi connectivity index (χ0v) is 16.6. The van der Waals surface area contributed by atoms with E-state index in [-0.39, 0.29) is 5.91 Å². The van der Waals surface area contributed by atoms with Crippen LogP contribution in [0, 0.1) is 0 Å². The topological polar surface area (TPSA) is 60.3 Å².